The predicted molar refractivity (Wildman–Crippen MR) is 55.5 cm³/mol. The minimum absolute atomic E-state index is 0.0706. The summed E-state index contributed by atoms with van der Waals surface area (Å²) in [5, 5.41) is 2.59. The molecule has 0 aliphatic heterocycles. The van der Waals surface area contributed by atoms with Gasteiger partial charge in [0, 0.05) is 5.56 Å². The molecule has 0 radical (unpaired) electrons. The zero-order chi connectivity index (χ0) is 11.1. The highest BCUT2D eigenvalue weighted by atomic mass is 32.2. The summed E-state index contributed by atoms with van der Waals surface area (Å²) in [6, 6.07) is 8.77. The molecule has 0 saturated carbocycles. The van der Waals surface area contributed by atoms with E-state index in [9.17, 15) is 9.00 Å². The number of Topliss-reactive ketones (excluding diaryl/α,β-unsaturated/α-hetero) is 1. The van der Waals surface area contributed by atoms with Gasteiger partial charge in [0.05, 0.1) is 6.54 Å². The maximum atomic E-state index is 11.4. The second-order valence-electron chi connectivity index (χ2n) is 2.70. The Morgan fingerprint density at radius 2 is 2.07 bits per heavy atom. The molecule has 5 nitrogen and oxygen atoms in total. The number of hydrogen-bond acceptors (Lipinski definition) is 4. The molecule has 0 aliphatic rings. The van der Waals surface area contributed by atoms with Crippen LogP contribution in [-0.4, -0.2) is 27.8 Å². The Labute approximate surface area is 89.9 Å². The van der Waals surface area contributed by atoms with Crippen molar-refractivity contribution in [1.29, 1.82) is 0 Å². The lowest BCUT2D eigenvalue weighted by Crippen LogP contribution is -2.25. The molecule has 0 spiro atoms. The van der Waals surface area contributed by atoms with Crippen LogP contribution in [0, 0.1) is 0 Å². The van der Waals surface area contributed by atoms with Gasteiger partial charge in [0.1, 0.15) is 6.73 Å². The Kier molecular flexibility index (Phi) is 5.13. The molecule has 0 saturated heterocycles. The first-order chi connectivity index (χ1) is 7.20. The Hall–Kier alpha value is -1.08. The zero-order valence-electron chi connectivity index (χ0n) is 7.88. The summed E-state index contributed by atoms with van der Waals surface area (Å²) in [5.74, 6) is -0.0945. The summed E-state index contributed by atoms with van der Waals surface area (Å²) in [4.78, 5) is 11.4. The van der Waals surface area contributed by atoms with Gasteiger partial charge >= 0.3 is 11.4 Å². The summed E-state index contributed by atoms with van der Waals surface area (Å²) in [5.41, 5.74) is 0.593. The Bertz CT molecular complexity index is 341. The van der Waals surface area contributed by atoms with Crippen LogP contribution in [0.4, 0.5) is 0 Å². The third-order valence-corrected chi connectivity index (χ3v) is 1.96. The third kappa shape index (κ3) is 4.80. The van der Waals surface area contributed by atoms with E-state index >= 15 is 0 Å². The van der Waals surface area contributed by atoms with E-state index in [0.29, 0.717) is 5.56 Å². The molecule has 1 unspecified atom stereocenters. The van der Waals surface area contributed by atoms with Crippen LogP contribution in [0.2, 0.25) is 0 Å². The van der Waals surface area contributed by atoms with Crippen molar-refractivity contribution in [2.75, 3.05) is 13.3 Å². The molecular formula is C9H11NO4S. The van der Waals surface area contributed by atoms with Crippen molar-refractivity contribution < 1.29 is 17.7 Å². The number of ketones is 1. The second-order valence-corrected chi connectivity index (χ2v) is 3.37. The van der Waals surface area contributed by atoms with E-state index in [0.717, 1.165) is 0 Å². The molecule has 1 aromatic rings. The van der Waals surface area contributed by atoms with E-state index in [1.165, 1.54) is 0 Å². The summed E-state index contributed by atoms with van der Waals surface area (Å²) >= 11 is -2.30. The topological polar surface area (TPSA) is 75.6 Å². The summed E-state index contributed by atoms with van der Waals surface area (Å²) in [6.07, 6.45) is 0. The summed E-state index contributed by atoms with van der Waals surface area (Å²) in [6.45, 7) is -0.0666. The smallest absolute Gasteiger partial charge is 0.293 e. The third-order valence-electron chi connectivity index (χ3n) is 1.64. The zero-order valence-corrected chi connectivity index (χ0v) is 8.70. The molecule has 0 heterocycles. The van der Waals surface area contributed by atoms with Gasteiger partial charge in [0.25, 0.3) is 0 Å². The van der Waals surface area contributed by atoms with E-state index in [-0.39, 0.29) is 19.1 Å². The molecule has 1 rings (SSSR count). The Balaban J connectivity index is 2.28. The fourth-order valence-electron chi connectivity index (χ4n) is 0.983. The molecular weight excluding hydrogens is 218 g/mol. The van der Waals surface area contributed by atoms with Crippen LogP contribution in [0.25, 0.3) is 0 Å². The minimum Gasteiger partial charge on any atom is -0.293 e. The van der Waals surface area contributed by atoms with Crippen molar-refractivity contribution in [3.05, 3.63) is 35.9 Å². The SMILES string of the molecule is O=C(CNCOS(=O)O)c1ccccc1. The van der Waals surface area contributed by atoms with E-state index in [4.69, 9.17) is 4.55 Å². The lowest BCUT2D eigenvalue weighted by atomic mass is 10.1. The molecule has 1 aromatic carbocycles. The van der Waals surface area contributed by atoms with Gasteiger partial charge in [-0.15, -0.1) is 0 Å². The second kappa shape index (κ2) is 6.41. The van der Waals surface area contributed by atoms with E-state index in [1.807, 2.05) is 6.07 Å². The Morgan fingerprint density at radius 1 is 1.40 bits per heavy atom. The fraction of sp³-hybridized carbons (Fsp3) is 0.222. The van der Waals surface area contributed by atoms with Gasteiger partial charge in [0.2, 0.25) is 0 Å². The first-order valence-corrected chi connectivity index (χ1v) is 5.26. The summed E-state index contributed by atoms with van der Waals surface area (Å²) in [7, 11) is 0. The van der Waals surface area contributed by atoms with E-state index < -0.39 is 11.4 Å². The van der Waals surface area contributed by atoms with E-state index in [1.54, 1.807) is 24.3 Å². The lowest BCUT2D eigenvalue weighted by molar-refractivity contribution is 0.0982. The first kappa shape index (κ1) is 12.0. The molecule has 0 aliphatic carbocycles. The molecule has 15 heavy (non-hydrogen) atoms. The van der Waals surface area contributed by atoms with Crippen molar-refractivity contribution in [3.8, 4) is 0 Å². The number of carbonyl (C=O) groups excluding carboxylic acids is 1. The van der Waals surface area contributed by atoms with E-state index in [2.05, 4.69) is 9.50 Å². The van der Waals surface area contributed by atoms with Gasteiger partial charge in [-0.1, -0.05) is 30.3 Å². The van der Waals surface area contributed by atoms with Crippen molar-refractivity contribution >= 4 is 17.1 Å². The van der Waals surface area contributed by atoms with Crippen molar-refractivity contribution in [1.82, 2.24) is 5.32 Å². The molecule has 0 amide bonds. The quantitative estimate of drug-likeness (QED) is 0.323. The fourth-order valence-corrected chi connectivity index (χ4v) is 1.17. The monoisotopic (exact) mass is 229 g/mol. The van der Waals surface area contributed by atoms with Crippen LogP contribution in [0.1, 0.15) is 10.4 Å². The van der Waals surface area contributed by atoms with Crippen molar-refractivity contribution in [3.63, 3.8) is 0 Å². The molecule has 82 valence electrons. The predicted octanol–water partition coefficient (Wildman–Crippen LogP) is 0.570. The minimum atomic E-state index is -2.30. The number of carbonyl (C=O) groups is 1. The molecule has 1 atom stereocenters. The number of rotatable bonds is 6. The standard InChI is InChI=1S/C9H11NO4S/c11-9(6-10-7-14-15(12)13)8-4-2-1-3-5-8/h1-5,10H,6-7H2,(H,12,13). The maximum Gasteiger partial charge on any atom is 0.303 e. The Morgan fingerprint density at radius 3 is 2.67 bits per heavy atom. The van der Waals surface area contributed by atoms with Crippen LogP contribution in [-0.2, 0) is 15.5 Å². The largest absolute Gasteiger partial charge is 0.303 e. The van der Waals surface area contributed by atoms with Gasteiger partial charge in [-0.2, -0.15) is 4.21 Å². The van der Waals surface area contributed by atoms with Gasteiger partial charge in [-0.25, -0.2) is 0 Å². The van der Waals surface area contributed by atoms with Crippen molar-refractivity contribution in [2.24, 2.45) is 0 Å². The molecule has 0 aromatic heterocycles. The number of hydrogen-bond donors (Lipinski definition) is 2. The van der Waals surface area contributed by atoms with Crippen LogP contribution < -0.4 is 5.32 Å². The maximum absolute atomic E-state index is 11.4. The normalized spacial score (nSPS) is 12.3. The van der Waals surface area contributed by atoms with Gasteiger partial charge < -0.3 is 0 Å². The van der Waals surface area contributed by atoms with Gasteiger partial charge in [-0.05, 0) is 0 Å². The average molecular weight is 229 g/mol. The molecule has 0 fully saturated rings. The van der Waals surface area contributed by atoms with Gasteiger partial charge in [-0.3, -0.25) is 18.8 Å². The highest BCUT2D eigenvalue weighted by Crippen LogP contribution is 1.98. The molecule has 6 heteroatoms. The average Bonchev–Trinajstić information content (AvgIpc) is 2.25. The molecule has 2 N–H and O–H groups in total. The van der Waals surface area contributed by atoms with Crippen molar-refractivity contribution in [2.45, 2.75) is 0 Å². The van der Waals surface area contributed by atoms with Gasteiger partial charge in [0.15, 0.2) is 5.78 Å². The highest BCUT2D eigenvalue weighted by Gasteiger charge is 2.03. The lowest BCUT2D eigenvalue weighted by Gasteiger charge is -2.02. The van der Waals surface area contributed by atoms with Crippen LogP contribution >= 0.6 is 0 Å². The van der Waals surface area contributed by atoms with Crippen LogP contribution in [0.5, 0.6) is 0 Å². The number of benzene rings is 1. The summed E-state index contributed by atoms with van der Waals surface area (Å²) < 4.78 is 22.6. The molecule has 0 bridgehead atoms. The highest BCUT2D eigenvalue weighted by molar-refractivity contribution is 7.74. The van der Waals surface area contributed by atoms with Crippen LogP contribution in [0.15, 0.2) is 30.3 Å². The van der Waals surface area contributed by atoms with Crippen LogP contribution in [0.3, 0.4) is 0 Å². The first-order valence-electron chi connectivity index (χ1n) is 4.23. The number of nitrogens with one attached hydrogen (secondary N) is 1.